The lowest BCUT2D eigenvalue weighted by molar-refractivity contribution is 0.201. The van der Waals surface area contributed by atoms with Gasteiger partial charge in [-0.05, 0) is 6.07 Å². The highest BCUT2D eigenvalue weighted by atomic mass is 16.5. The molecule has 0 aliphatic heterocycles. The zero-order valence-corrected chi connectivity index (χ0v) is 9.94. The largest absolute Gasteiger partial charge is 0.480 e. The van der Waals surface area contributed by atoms with Crippen LogP contribution in [0.5, 0.6) is 11.8 Å². The Kier molecular flexibility index (Phi) is 3.63. The maximum atomic E-state index is 10.1. The SMILES string of the molecule is COc1ccc(C(O)c2nccnc2OC)nn1. The lowest BCUT2D eigenvalue weighted by atomic mass is 10.2. The van der Waals surface area contributed by atoms with E-state index in [-0.39, 0.29) is 5.88 Å². The maximum Gasteiger partial charge on any atom is 0.238 e. The molecule has 2 heterocycles. The first kappa shape index (κ1) is 12.2. The molecule has 2 rings (SSSR count). The van der Waals surface area contributed by atoms with Crippen LogP contribution in [0.25, 0.3) is 0 Å². The van der Waals surface area contributed by atoms with Gasteiger partial charge in [0.25, 0.3) is 0 Å². The lowest BCUT2D eigenvalue weighted by Gasteiger charge is -2.11. The first-order chi connectivity index (χ1) is 8.76. The van der Waals surface area contributed by atoms with Gasteiger partial charge < -0.3 is 14.6 Å². The molecule has 0 fully saturated rings. The second kappa shape index (κ2) is 5.37. The van der Waals surface area contributed by atoms with Gasteiger partial charge in [-0.1, -0.05) is 0 Å². The zero-order chi connectivity index (χ0) is 13.0. The van der Waals surface area contributed by atoms with Gasteiger partial charge in [0, 0.05) is 18.5 Å². The fraction of sp³-hybridized carbons (Fsp3) is 0.273. The van der Waals surface area contributed by atoms with E-state index >= 15 is 0 Å². The molecule has 0 aromatic carbocycles. The fourth-order valence-corrected chi connectivity index (χ4v) is 1.41. The topological polar surface area (TPSA) is 90.2 Å². The molecule has 0 radical (unpaired) electrons. The van der Waals surface area contributed by atoms with Crippen molar-refractivity contribution < 1.29 is 14.6 Å². The van der Waals surface area contributed by atoms with Crippen molar-refractivity contribution in [2.24, 2.45) is 0 Å². The van der Waals surface area contributed by atoms with E-state index in [1.54, 1.807) is 12.1 Å². The third-order valence-corrected chi connectivity index (χ3v) is 2.29. The van der Waals surface area contributed by atoms with E-state index in [0.717, 1.165) is 0 Å². The van der Waals surface area contributed by atoms with Crippen LogP contribution in [0.3, 0.4) is 0 Å². The Labute approximate surface area is 103 Å². The molecule has 1 atom stereocenters. The molecule has 0 amide bonds. The van der Waals surface area contributed by atoms with Gasteiger partial charge in [-0.3, -0.25) is 4.98 Å². The highest BCUT2D eigenvalue weighted by Gasteiger charge is 2.19. The number of methoxy groups -OCH3 is 2. The summed E-state index contributed by atoms with van der Waals surface area (Å²) in [5, 5.41) is 17.8. The minimum absolute atomic E-state index is 0.252. The Morgan fingerprint density at radius 2 is 1.83 bits per heavy atom. The number of aliphatic hydroxyl groups excluding tert-OH is 1. The Hall–Kier alpha value is -2.28. The summed E-state index contributed by atoms with van der Waals surface area (Å²) in [5.41, 5.74) is 0.633. The third-order valence-electron chi connectivity index (χ3n) is 2.29. The van der Waals surface area contributed by atoms with Crippen LogP contribution in [0.15, 0.2) is 24.5 Å². The molecule has 7 nitrogen and oxygen atoms in total. The standard InChI is InChI=1S/C11H12N4O3/c1-17-8-4-3-7(14-15-8)10(16)9-11(18-2)13-6-5-12-9/h3-6,10,16H,1-2H3. The normalized spacial score (nSPS) is 11.9. The van der Waals surface area contributed by atoms with Crippen LogP contribution in [0.2, 0.25) is 0 Å². The number of ether oxygens (including phenoxy) is 2. The van der Waals surface area contributed by atoms with Gasteiger partial charge in [0.05, 0.1) is 19.9 Å². The molecule has 0 bridgehead atoms. The van der Waals surface area contributed by atoms with Crippen molar-refractivity contribution in [1.29, 1.82) is 0 Å². The van der Waals surface area contributed by atoms with Gasteiger partial charge >= 0.3 is 0 Å². The summed E-state index contributed by atoms with van der Waals surface area (Å²) in [6.45, 7) is 0. The minimum atomic E-state index is -1.05. The van der Waals surface area contributed by atoms with Crippen molar-refractivity contribution in [2.75, 3.05) is 14.2 Å². The van der Waals surface area contributed by atoms with E-state index < -0.39 is 6.10 Å². The monoisotopic (exact) mass is 248 g/mol. The number of hydrogen-bond donors (Lipinski definition) is 1. The summed E-state index contributed by atoms with van der Waals surface area (Å²) in [6.07, 6.45) is 1.90. The highest BCUT2D eigenvalue weighted by molar-refractivity contribution is 5.27. The van der Waals surface area contributed by atoms with Gasteiger partial charge in [-0.2, -0.15) is 0 Å². The molecular formula is C11H12N4O3. The number of rotatable bonds is 4. The fourth-order valence-electron chi connectivity index (χ4n) is 1.41. The molecule has 0 aliphatic carbocycles. The van der Waals surface area contributed by atoms with E-state index in [9.17, 15) is 5.11 Å². The van der Waals surface area contributed by atoms with Crippen molar-refractivity contribution in [2.45, 2.75) is 6.10 Å². The Bertz CT molecular complexity index is 518. The molecule has 1 unspecified atom stereocenters. The van der Waals surface area contributed by atoms with Crippen LogP contribution >= 0.6 is 0 Å². The summed E-state index contributed by atoms with van der Waals surface area (Å²) in [5.74, 6) is 0.625. The van der Waals surface area contributed by atoms with Gasteiger partial charge in [0.15, 0.2) is 0 Å². The number of nitrogens with zero attached hydrogens (tertiary/aromatic N) is 4. The molecule has 1 N–H and O–H groups in total. The molecule has 18 heavy (non-hydrogen) atoms. The van der Waals surface area contributed by atoms with Crippen molar-refractivity contribution in [3.8, 4) is 11.8 Å². The smallest absolute Gasteiger partial charge is 0.238 e. The molecule has 0 aliphatic rings. The second-order valence-corrected chi connectivity index (χ2v) is 3.35. The molecule has 0 saturated heterocycles. The highest BCUT2D eigenvalue weighted by Crippen LogP contribution is 2.24. The third kappa shape index (κ3) is 2.35. The van der Waals surface area contributed by atoms with Crippen molar-refractivity contribution in [3.05, 3.63) is 35.9 Å². The van der Waals surface area contributed by atoms with E-state index in [1.165, 1.54) is 26.6 Å². The number of hydrogen-bond acceptors (Lipinski definition) is 7. The number of aromatic nitrogens is 4. The Morgan fingerprint density at radius 1 is 1.06 bits per heavy atom. The van der Waals surface area contributed by atoms with Gasteiger partial charge in [-0.25, -0.2) is 4.98 Å². The summed E-state index contributed by atoms with van der Waals surface area (Å²) < 4.78 is 9.92. The van der Waals surface area contributed by atoms with Crippen molar-refractivity contribution in [1.82, 2.24) is 20.2 Å². The second-order valence-electron chi connectivity index (χ2n) is 3.35. The summed E-state index contributed by atoms with van der Waals surface area (Å²) in [6, 6.07) is 3.21. The summed E-state index contributed by atoms with van der Waals surface area (Å²) in [7, 11) is 2.95. The van der Waals surface area contributed by atoms with Crippen molar-refractivity contribution in [3.63, 3.8) is 0 Å². The predicted molar refractivity (Wildman–Crippen MR) is 61.2 cm³/mol. The predicted octanol–water partition coefficient (Wildman–Crippen LogP) is 0.365. The summed E-state index contributed by atoms with van der Waals surface area (Å²) >= 11 is 0. The molecule has 0 saturated carbocycles. The van der Waals surface area contributed by atoms with Gasteiger partial charge in [0.1, 0.15) is 11.8 Å². The number of aliphatic hydroxyl groups is 1. The zero-order valence-electron chi connectivity index (χ0n) is 9.94. The Morgan fingerprint density at radius 3 is 2.44 bits per heavy atom. The molecular weight excluding hydrogens is 236 g/mol. The van der Waals surface area contributed by atoms with Crippen LogP contribution in [-0.4, -0.2) is 39.5 Å². The van der Waals surface area contributed by atoms with Crippen molar-refractivity contribution >= 4 is 0 Å². The molecule has 7 heteroatoms. The van der Waals surface area contributed by atoms with Gasteiger partial charge in [-0.15, -0.1) is 10.2 Å². The summed E-state index contributed by atoms with van der Waals surface area (Å²) in [4.78, 5) is 7.99. The lowest BCUT2D eigenvalue weighted by Crippen LogP contribution is -2.08. The van der Waals surface area contributed by atoms with Gasteiger partial charge in [0.2, 0.25) is 11.8 Å². The first-order valence-corrected chi connectivity index (χ1v) is 5.17. The van der Waals surface area contributed by atoms with E-state index in [0.29, 0.717) is 17.3 Å². The minimum Gasteiger partial charge on any atom is -0.480 e. The average Bonchev–Trinajstić information content (AvgIpc) is 2.46. The van der Waals surface area contributed by atoms with E-state index in [4.69, 9.17) is 9.47 Å². The van der Waals surface area contributed by atoms with Crippen LogP contribution in [0.4, 0.5) is 0 Å². The first-order valence-electron chi connectivity index (χ1n) is 5.17. The Balaban J connectivity index is 2.31. The van der Waals surface area contributed by atoms with Crippen LogP contribution in [0, 0.1) is 0 Å². The average molecular weight is 248 g/mol. The molecule has 2 aromatic rings. The van der Waals surface area contributed by atoms with Crippen LogP contribution in [0.1, 0.15) is 17.5 Å². The van der Waals surface area contributed by atoms with E-state index in [1.807, 2.05) is 0 Å². The maximum absolute atomic E-state index is 10.1. The molecule has 0 spiro atoms. The van der Waals surface area contributed by atoms with Crippen LogP contribution < -0.4 is 9.47 Å². The van der Waals surface area contributed by atoms with E-state index in [2.05, 4.69) is 20.2 Å². The molecule has 94 valence electrons. The van der Waals surface area contributed by atoms with Crippen LogP contribution in [-0.2, 0) is 0 Å². The molecule has 2 aromatic heterocycles. The quantitative estimate of drug-likeness (QED) is 0.835.